The summed E-state index contributed by atoms with van der Waals surface area (Å²) in [6.45, 7) is 4.82. The summed E-state index contributed by atoms with van der Waals surface area (Å²) >= 11 is 0. The van der Waals surface area contributed by atoms with Crippen LogP contribution in [-0.2, 0) is 16.0 Å². The van der Waals surface area contributed by atoms with Crippen LogP contribution in [0.3, 0.4) is 0 Å². The fourth-order valence-electron chi connectivity index (χ4n) is 4.34. The molecule has 2 heterocycles. The molecule has 0 bridgehead atoms. The van der Waals surface area contributed by atoms with Crippen molar-refractivity contribution >= 4 is 11.9 Å². The number of hydrogen-bond acceptors (Lipinski definition) is 3. The second-order valence-corrected chi connectivity index (χ2v) is 8.38. The lowest BCUT2D eigenvalue weighted by molar-refractivity contribution is -0.142. The van der Waals surface area contributed by atoms with Gasteiger partial charge in [0.25, 0.3) is 5.91 Å². The number of nitrogens with one attached hydrogen (secondary N) is 1. The van der Waals surface area contributed by atoms with Gasteiger partial charge in [-0.15, -0.1) is 0 Å². The van der Waals surface area contributed by atoms with E-state index in [1.54, 1.807) is 0 Å². The zero-order valence-corrected chi connectivity index (χ0v) is 16.9. The summed E-state index contributed by atoms with van der Waals surface area (Å²) in [6, 6.07) is 10.8. The van der Waals surface area contributed by atoms with Crippen molar-refractivity contribution in [3.63, 3.8) is 0 Å². The van der Waals surface area contributed by atoms with Gasteiger partial charge in [-0.05, 0) is 43.1 Å². The van der Waals surface area contributed by atoms with Gasteiger partial charge in [0.15, 0.2) is 5.96 Å². The number of nitrogens with zero attached hydrogens (tertiary/aromatic N) is 3. The van der Waals surface area contributed by atoms with Gasteiger partial charge in [-0.3, -0.25) is 9.79 Å². The van der Waals surface area contributed by atoms with E-state index in [1.165, 1.54) is 18.4 Å². The standard InChI is InChI=1S/C22H32N4O2/c1-23-21(24-17-22(9-10-22)16-18-6-3-2-4-7-18)26-13-11-25(12-14-26)20(27)19-8-5-15-28-19/h2-4,6-7,19H,5,8-17H2,1H3,(H,23,24). The number of guanidine groups is 1. The van der Waals surface area contributed by atoms with Crippen LogP contribution in [0.1, 0.15) is 31.2 Å². The van der Waals surface area contributed by atoms with Gasteiger partial charge >= 0.3 is 0 Å². The maximum absolute atomic E-state index is 12.5. The lowest BCUT2D eigenvalue weighted by Crippen LogP contribution is -2.55. The first kappa shape index (κ1) is 19.2. The van der Waals surface area contributed by atoms with E-state index in [0.717, 1.165) is 64.6 Å². The SMILES string of the molecule is CN=C(NCC1(Cc2ccccc2)CC1)N1CCN(C(=O)C2CCCO2)CC1. The van der Waals surface area contributed by atoms with E-state index in [2.05, 4.69) is 45.5 Å². The second kappa shape index (κ2) is 8.52. The minimum absolute atomic E-state index is 0.167. The molecule has 6 heteroatoms. The predicted octanol–water partition coefficient (Wildman–Crippen LogP) is 1.91. The van der Waals surface area contributed by atoms with Crippen LogP contribution in [0.25, 0.3) is 0 Å². The summed E-state index contributed by atoms with van der Waals surface area (Å²) in [5.74, 6) is 1.13. The Balaban J connectivity index is 1.25. The molecule has 1 amide bonds. The van der Waals surface area contributed by atoms with Crippen molar-refractivity contribution < 1.29 is 9.53 Å². The first-order valence-electron chi connectivity index (χ1n) is 10.6. The highest BCUT2D eigenvalue weighted by Crippen LogP contribution is 2.47. The molecule has 1 unspecified atom stereocenters. The Hall–Kier alpha value is -2.08. The van der Waals surface area contributed by atoms with Crippen molar-refractivity contribution in [2.75, 3.05) is 46.4 Å². The van der Waals surface area contributed by atoms with Crippen LogP contribution in [0.4, 0.5) is 0 Å². The number of piperazine rings is 1. The number of ether oxygens (including phenoxy) is 1. The molecule has 1 atom stereocenters. The maximum atomic E-state index is 12.5. The number of aliphatic imine (C=N–C) groups is 1. The monoisotopic (exact) mass is 384 g/mol. The van der Waals surface area contributed by atoms with E-state index >= 15 is 0 Å². The van der Waals surface area contributed by atoms with E-state index in [1.807, 2.05) is 11.9 Å². The zero-order valence-electron chi connectivity index (χ0n) is 16.9. The van der Waals surface area contributed by atoms with Crippen LogP contribution in [-0.4, -0.2) is 74.1 Å². The van der Waals surface area contributed by atoms with Crippen molar-refractivity contribution in [2.24, 2.45) is 10.4 Å². The molecule has 6 nitrogen and oxygen atoms in total. The highest BCUT2D eigenvalue weighted by molar-refractivity contribution is 5.82. The number of rotatable bonds is 5. The van der Waals surface area contributed by atoms with Gasteiger partial charge in [-0.2, -0.15) is 0 Å². The third kappa shape index (κ3) is 4.49. The molecule has 28 heavy (non-hydrogen) atoms. The van der Waals surface area contributed by atoms with Gasteiger partial charge in [0.1, 0.15) is 6.10 Å². The molecule has 4 rings (SSSR count). The fraction of sp³-hybridized carbons (Fsp3) is 0.636. The Morgan fingerprint density at radius 2 is 1.89 bits per heavy atom. The van der Waals surface area contributed by atoms with Crippen LogP contribution in [0.5, 0.6) is 0 Å². The van der Waals surface area contributed by atoms with E-state index < -0.39 is 0 Å². The first-order chi connectivity index (χ1) is 13.7. The van der Waals surface area contributed by atoms with Crippen LogP contribution < -0.4 is 5.32 Å². The van der Waals surface area contributed by atoms with Gasteiger partial charge in [0.2, 0.25) is 0 Å². The summed E-state index contributed by atoms with van der Waals surface area (Å²) in [4.78, 5) is 21.3. The molecule has 0 radical (unpaired) electrons. The van der Waals surface area contributed by atoms with E-state index in [4.69, 9.17) is 4.74 Å². The van der Waals surface area contributed by atoms with E-state index in [9.17, 15) is 4.79 Å². The van der Waals surface area contributed by atoms with Gasteiger partial charge in [-0.1, -0.05) is 30.3 Å². The molecule has 1 aliphatic carbocycles. The Morgan fingerprint density at radius 1 is 1.18 bits per heavy atom. The Bertz CT molecular complexity index is 688. The number of carbonyl (C=O) groups is 1. The summed E-state index contributed by atoms with van der Waals surface area (Å²) in [6.07, 6.45) is 5.33. The van der Waals surface area contributed by atoms with Crippen LogP contribution >= 0.6 is 0 Å². The smallest absolute Gasteiger partial charge is 0.251 e. The summed E-state index contributed by atoms with van der Waals surface area (Å²) in [7, 11) is 1.85. The topological polar surface area (TPSA) is 57.2 Å². The zero-order chi connectivity index (χ0) is 19.4. The quantitative estimate of drug-likeness (QED) is 0.622. The van der Waals surface area contributed by atoms with Crippen molar-refractivity contribution in [3.05, 3.63) is 35.9 Å². The normalized spacial score (nSPS) is 24.3. The number of benzene rings is 1. The lowest BCUT2D eigenvalue weighted by Gasteiger charge is -2.37. The van der Waals surface area contributed by atoms with Crippen molar-refractivity contribution in [1.82, 2.24) is 15.1 Å². The number of amides is 1. The molecule has 1 N–H and O–H groups in total. The highest BCUT2D eigenvalue weighted by atomic mass is 16.5. The molecule has 1 saturated carbocycles. The van der Waals surface area contributed by atoms with Gasteiger partial charge in [-0.25, -0.2) is 0 Å². The Labute approximate surface area is 167 Å². The Kier molecular flexibility index (Phi) is 5.85. The third-order valence-electron chi connectivity index (χ3n) is 6.31. The molecule has 1 aromatic carbocycles. The van der Waals surface area contributed by atoms with Crippen molar-refractivity contribution in [3.8, 4) is 0 Å². The van der Waals surface area contributed by atoms with Gasteiger partial charge in [0.05, 0.1) is 0 Å². The maximum Gasteiger partial charge on any atom is 0.251 e. The minimum Gasteiger partial charge on any atom is -0.368 e. The molecule has 3 aliphatic rings. The van der Waals surface area contributed by atoms with Crippen LogP contribution in [0.2, 0.25) is 0 Å². The predicted molar refractivity (Wildman–Crippen MR) is 110 cm³/mol. The molecule has 152 valence electrons. The molecule has 3 fully saturated rings. The Morgan fingerprint density at radius 3 is 2.50 bits per heavy atom. The van der Waals surface area contributed by atoms with Gasteiger partial charge < -0.3 is 19.9 Å². The molecule has 0 aromatic heterocycles. The molecule has 1 aromatic rings. The molecule has 2 saturated heterocycles. The van der Waals surface area contributed by atoms with Gasteiger partial charge in [0, 0.05) is 46.4 Å². The minimum atomic E-state index is -0.211. The molecule has 0 spiro atoms. The molecule has 2 aliphatic heterocycles. The molecular weight excluding hydrogens is 352 g/mol. The average molecular weight is 385 g/mol. The first-order valence-corrected chi connectivity index (χ1v) is 10.6. The van der Waals surface area contributed by atoms with E-state index in [-0.39, 0.29) is 12.0 Å². The van der Waals surface area contributed by atoms with Crippen LogP contribution in [0.15, 0.2) is 35.3 Å². The molecular formula is C22H32N4O2. The average Bonchev–Trinajstić information content (AvgIpc) is 3.27. The van der Waals surface area contributed by atoms with Crippen molar-refractivity contribution in [2.45, 2.75) is 38.2 Å². The fourth-order valence-corrected chi connectivity index (χ4v) is 4.34. The summed E-state index contributed by atoms with van der Waals surface area (Å²) in [5.41, 5.74) is 1.78. The third-order valence-corrected chi connectivity index (χ3v) is 6.31. The number of carbonyl (C=O) groups excluding carboxylic acids is 1. The van der Waals surface area contributed by atoms with Crippen molar-refractivity contribution in [1.29, 1.82) is 0 Å². The highest BCUT2D eigenvalue weighted by Gasteiger charge is 2.42. The van der Waals surface area contributed by atoms with Crippen LogP contribution in [0, 0.1) is 5.41 Å². The van der Waals surface area contributed by atoms with E-state index in [0.29, 0.717) is 5.41 Å². The second-order valence-electron chi connectivity index (χ2n) is 8.38. The summed E-state index contributed by atoms with van der Waals surface area (Å²) in [5, 5.41) is 3.61. The summed E-state index contributed by atoms with van der Waals surface area (Å²) < 4.78 is 5.55. The number of hydrogen-bond donors (Lipinski definition) is 1. The lowest BCUT2D eigenvalue weighted by atomic mass is 9.96. The largest absolute Gasteiger partial charge is 0.368 e.